The monoisotopic (exact) mass is 297 g/mol. The van der Waals surface area contributed by atoms with Crippen LogP contribution in [0.2, 0.25) is 0 Å². The van der Waals surface area contributed by atoms with Crippen LogP contribution in [0.15, 0.2) is 54.6 Å². The zero-order chi connectivity index (χ0) is 13.8. The van der Waals surface area contributed by atoms with Crippen LogP contribution in [0.5, 0.6) is 0 Å². The van der Waals surface area contributed by atoms with E-state index in [0.717, 1.165) is 0 Å². The second-order valence-corrected chi connectivity index (χ2v) is 4.14. The maximum Gasteiger partial charge on any atom is 2.00 e. The first-order chi connectivity index (χ1) is 9.09. The van der Waals surface area contributed by atoms with Crippen molar-refractivity contribution in [1.29, 1.82) is 0 Å². The summed E-state index contributed by atoms with van der Waals surface area (Å²) in [4.78, 5) is 23.0. The summed E-state index contributed by atoms with van der Waals surface area (Å²) in [6.07, 6.45) is 0. The number of carboxylic acid groups (broad SMARTS) is 1. The molecule has 20 heavy (non-hydrogen) atoms. The molecule has 2 aromatic carbocycles. The number of hydrogen-bond acceptors (Lipinski definition) is 3. The van der Waals surface area contributed by atoms with Gasteiger partial charge < -0.3 is 13.7 Å². The van der Waals surface area contributed by atoms with E-state index in [9.17, 15) is 9.59 Å². The molecule has 5 heteroatoms. The molecule has 100 valence electrons. The molecule has 0 fully saturated rings. The van der Waals surface area contributed by atoms with Crippen LogP contribution in [0.3, 0.4) is 0 Å². The molecule has 0 spiro atoms. The molecule has 0 saturated heterocycles. The van der Waals surface area contributed by atoms with Crippen LogP contribution in [-0.2, 0) is 4.79 Å². The fourth-order valence-corrected chi connectivity index (χ4v) is 1.77. The van der Waals surface area contributed by atoms with E-state index in [1.807, 2.05) is 6.07 Å². The van der Waals surface area contributed by atoms with Crippen LogP contribution >= 0.6 is 0 Å². The zero-order valence-corrected chi connectivity index (χ0v) is 13.0. The van der Waals surface area contributed by atoms with Gasteiger partial charge in [-0.3, -0.25) is 9.59 Å². The molecule has 0 saturated carbocycles. The fraction of sp³-hybridized carbons (Fsp3) is 0.0667. The Morgan fingerprint density at radius 2 is 1.60 bits per heavy atom. The van der Waals surface area contributed by atoms with E-state index in [-0.39, 0.29) is 46.4 Å². The third-order valence-corrected chi connectivity index (χ3v) is 2.81. The summed E-state index contributed by atoms with van der Waals surface area (Å²) in [5.41, 5.74) is 6.94. The molecule has 4 nitrogen and oxygen atoms in total. The van der Waals surface area contributed by atoms with Gasteiger partial charge >= 0.3 is 43.7 Å². The van der Waals surface area contributed by atoms with Crippen molar-refractivity contribution in [3.8, 4) is 0 Å². The first kappa shape index (κ1) is 16.9. The van der Waals surface area contributed by atoms with Gasteiger partial charge in [-0.1, -0.05) is 48.5 Å². The summed E-state index contributed by atoms with van der Waals surface area (Å²) in [5, 5.41) is 8.87. The van der Waals surface area contributed by atoms with Gasteiger partial charge in [0, 0.05) is 11.1 Å². The van der Waals surface area contributed by atoms with Crippen molar-refractivity contribution in [1.82, 2.24) is 0 Å². The van der Waals surface area contributed by atoms with E-state index in [1.165, 1.54) is 6.07 Å². The Balaban J connectivity index is 0. The topological polar surface area (TPSA) is 80.4 Å². The second kappa shape index (κ2) is 7.55. The molecular weight excluding hydrogens is 282 g/mol. The minimum absolute atomic E-state index is 0. The van der Waals surface area contributed by atoms with E-state index in [4.69, 9.17) is 10.8 Å². The van der Waals surface area contributed by atoms with Gasteiger partial charge in [-0.2, -0.15) is 0 Å². The predicted molar refractivity (Wildman–Crippen MR) is 78.9 cm³/mol. The Morgan fingerprint density at radius 3 is 2.20 bits per heavy atom. The van der Waals surface area contributed by atoms with Crippen LogP contribution in [0.25, 0.3) is 0 Å². The number of hydrogen-bond donors (Lipinski definition) is 2. The third kappa shape index (κ3) is 3.90. The zero-order valence-electron chi connectivity index (χ0n) is 12.8. The molecule has 2 aromatic rings. The first-order valence-electron chi connectivity index (χ1n) is 5.77. The quantitative estimate of drug-likeness (QED) is 0.666. The molecule has 3 N–H and O–H groups in total. The molecule has 0 aliphatic carbocycles. The van der Waals surface area contributed by atoms with Crippen molar-refractivity contribution in [2.24, 2.45) is 5.73 Å². The van der Waals surface area contributed by atoms with Gasteiger partial charge in [0.1, 0.15) is 6.04 Å². The molecule has 0 heterocycles. The molecule has 0 amide bonds. The van der Waals surface area contributed by atoms with E-state index < -0.39 is 12.0 Å². The van der Waals surface area contributed by atoms with E-state index in [1.54, 1.807) is 42.5 Å². The Kier molecular flexibility index (Phi) is 6.36. The summed E-state index contributed by atoms with van der Waals surface area (Å²) in [7, 11) is 0. The van der Waals surface area contributed by atoms with Gasteiger partial charge in [-0.15, -0.1) is 0 Å². The van der Waals surface area contributed by atoms with Gasteiger partial charge in [0.2, 0.25) is 0 Å². The predicted octanol–water partition coefficient (Wildman–Crippen LogP) is 1.85. The molecule has 1 unspecified atom stereocenters. The molecular formula is C15H15CaNO3. The molecule has 1 atom stereocenters. The number of carbonyl (C=O) groups excluding carboxylic acids is 1. The Labute approximate surface area is 149 Å². The van der Waals surface area contributed by atoms with E-state index in [0.29, 0.717) is 16.7 Å². The molecule has 0 aliphatic rings. The van der Waals surface area contributed by atoms with Crippen molar-refractivity contribution >= 4 is 49.5 Å². The molecule has 0 aromatic heterocycles. The average Bonchev–Trinajstić information content (AvgIpc) is 2.46. The molecule has 0 bridgehead atoms. The van der Waals surface area contributed by atoms with Gasteiger partial charge in [-0.05, 0) is 11.6 Å². The van der Waals surface area contributed by atoms with Gasteiger partial charge in [-0.25, -0.2) is 0 Å². The Morgan fingerprint density at radius 1 is 1.00 bits per heavy atom. The standard InChI is InChI=1S/C15H13NO3.Ca.2H/c16-13(15(18)19)11-7-4-8-12(9-11)14(17)10-5-2-1-3-6-10;;;/h1-9,13H,16H2,(H,18,19);;;/q;+2;2*-1. The summed E-state index contributed by atoms with van der Waals surface area (Å²) >= 11 is 0. The van der Waals surface area contributed by atoms with Crippen LogP contribution in [0.1, 0.15) is 30.4 Å². The Hall–Kier alpha value is -1.20. The summed E-state index contributed by atoms with van der Waals surface area (Å²) < 4.78 is 0. The number of rotatable bonds is 4. The van der Waals surface area contributed by atoms with Crippen molar-refractivity contribution in [2.75, 3.05) is 0 Å². The second-order valence-electron chi connectivity index (χ2n) is 4.14. The summed E-state index contributed by atoms with van der Waals surface area (Å²) in [6.45, 7) is 0. The number of nitrogens with two attached hydrogens (primary N) is 1. The van der Waals surface area contributed by atoms with Gasteiger partial charge in [0.05, 0.1) is 0 Å². The summed E-state index contributed by atoms with van der Waals surface area (Å²) in [5.74, 6) is -1.27. The van der Waals surface area contributed by atoms with Crippen molar-refractivity contribution < 1.29 is 17.5 Å². The third-order valence-electron chi connectivity index (χ3n) is 2.81. The summed E-state index contributed by atoms with van der Waals surface area (Å²) in [6, 6.07) is 14.1. The minimum Gasteiger partial charge on any atom is -1.00 e. The normalized spacial score (nSPS) is 11.2. The Bertz CT molecular complexity index is 623. The number of carbonyl (C=O) groups is 2. The maximum absolute atomic E-state index is 12.2. The molecule has 0 radical (unpaired) electrons. The van der Waals surface area contributed by atoms with E-state index >= 15 is 0 Å². The molecule has 2 rings (SSSR count). The average molecular weight is 297 g/mol. The number of benzene rings is 2. The minimum atomic E-state index is -1.12. The first-order valence-corrected chi connectivity index (χ1v) is 5.77. The van der Waals surface area contributed by atoms with Crippen molar-refractivity contribution in [2.45, 2.75) is 6.04 Å². The van der Waals surface area contributed by atoms with Crippen LogP contribution in [0, 0.1) is 0 Å². The van der Waals surface area contributed by atoms with Crippen molar-refractivity contribution in [3.63, 3.8) is 0 Å². The van der Waals surface area contributed by atoms with Crippen LogP contribution < -0.4 is 5.73 Å². The maximum atomic E-state index is 12.2. The van der Waals surface area contributed by atoms with Gasteiger partial charge in [0.15, 0.2) is 5.78 Å². The molecule has 0 aliphatic heterocycles. The van der Waals surface area contributed by atoms with Gasteiger partial charge in [0.25, 0.3) is 0 Å². The van der Waals surface area contributed by atoms with Crippen molar-refractivity contribution in [3.05, 3.63) is 71.3 Å². The SMILES string of the molecule is NC(C(=O)O)c1cccc(C(=O)c2ccccc2)c1.[Ca+2].[H-].[H-]. The van der Waals surface area contributed by atoms with Crippen LogP contribution in [-0.4, -0.2) is 54.6 Å². The van der Waals surface area contributed by atoms with E-state index in [2.05, 4.69) is 0 Å². The number of ketones is 1. The fourth-order valence-electron chi connectivity index (χ4n) is 1.77. The largest absolute Gasteiger partial charge is 2.00 e. The smallest absolute Gasteiger partial charge is 1.00 e. The number of carboxylic acids is 1. The van der Waals surface area contributed by atoms with Crippen LogP contribution in [0.4, 0.5) is 0 Å². The number of aliphatic carboxylic acids is 1.